The summed E-state index contributed by atoms with van der Waals surface area (Å²) in [7, 11) is 0. The van der Waals surface area contributed by atoms with Crippen molar-refractivity contribution in [1.82, 2.24) is 4.98 Å². The van der Waals surface area contributed by atoms with Gasteiger partial charge < -0.3 is 4.98 Å². The maximum Gasteiger partial charge on any atom is 0.156 e. The molecule has 0 saturated carbocycles. The third-order valence-electron chi connectivity index (χ3n) is 1.94. The van der Waals surface area contributed by atoms with Crippen LogP contribution in [0.3, 0.4) is 0 Å². The first kappa shape index (κ1) is 10.8. The average molecular weight is 211 g/mol. The Kier molecular flexibility index (Phi) is 4.21. The molecule has 0 aliphatic rings. The van der Waals surface area contributed by atoms with E-state index in [1.165, 1.54) is 0 Å². The highest BCUT2D eigenvalue weighted by Crippen LogP contribution is 2.16. The highest BCUT2D eigenvalue weighted by Gasteiger charge is 2.19. The summed E-state index contributed by atoms with van der Waals surface area (Å²) in [5.41, 5.74) is 0.659. The van der Waals surface area contributed by atoms with Crippen LogP contribution in [0.25, 0.3) is 0 Å². The van der Waals surface area contributed by atoms with Crippen molar-refractivity contribution in [3.8, 4) is 6.07 Å². The van der Waals surface area contributed by atoms with Crippen LogP contribution >= 0.6 is 11.6 Å². The number of hydrogen-bond donors (Lipinski definition) is 1. The van der Waals surface area contributed by atoms with E-state index < -0.39 is 5.92 Å². The van der Waals surface area contributed by atoms with Gasteiger partial charge >= 0.3 is 0 Å². The number of Topliss-reactive ketones (excluding diaryl/α,β-unsaturated/α-hetero) is 1. The Morgan fingerprint density at radius 3 is 3.00 bits per heavy atom. The number of carbonyl (C=O) groups excluding carboxylic acids is 1. The highest BCUT2D eigenvalue weighted by molar-refractivity contribution is 6.17. The predicted octanol–water partition coefficient (Wildman–Crippen LogP) is 2.21. The first-order chi connectivity index (χ1) is 6.79. The predicted molar refractivity (Wildman–Crippen MR) is 54.1 cm³/mol. The lowest BCUT2D eigenvalue weighted by molar-refractivity contribution is -0.119. The van der Waals surface area contributed by atoms with E-state index in [4.69, 9.17) is 16.9 Å². The number of alkyl halides is 1. The van der Waals surface area contributed by atoms with Gasteiger partial charge in [-0.2, -0.15) is 5.26 Å². The Morgan fingerprint density at radius 1 is 1.71 bits per heavy atom. The maximum absolute atomic E-state index is 11.5. The van der Waals surface area contributed by atoms with Crippen LogP contribution in [-0.4, -0.2) is 16.6 Å². The molecule has 0 amide bonds. The number of nitrogens with zero attached hydrogens (tertiary/aromatic N) is 1. The lowest BCUT2D eigenvalue weighted by Gasteiger charge is -2.04. The largest absolute Gasteiger partial charge is 0.364 e. The molecule has 1 atom stereocenters. The quantitative estimate of drug-likeness (QED) is 0.758. The molecule has 1 rings (SSSR count). The van der Waals surface area contributed by atoms with Gasteiger partial charge in [0.2, 0.25) is 0 Å². The molecule has 1 aromatic heterocycles. The number of halogens is 1. The molecule has 1 heterocycles. The number of rotatable bonds is 5. The number of ketones is 1. The molecule has 0 aromatic carbocycles. The third-order valence-corrected chi connectivity index (χ3v) is 2.21. The van der Waals surface area contributed by atoms with Crippen LogP contribution in [0.4, 0.5) is 0 Å². The first-order valence-corrected chi connectivity index (χ1v) is 4.94. The lowest BCUT2D eigenvalue weighted by atomic mass is 9.99. The number of nitriles is 1. The van der Waals surface area contributed by atoms with Crippen LogP contribution in [0.5, 0.6) is 0 Å². The van der Waals surface area contributed by atoms with E-state index in [1.54, 1.807) is 18.3 Å². The van der Waals surface area contributed by atoms with E-state index in [0.29, 0.717) is 24.4 Å². The van der Waals surface area contributed by atoms with E-state index in [0.717, 1.165) is 0 Å². The second-order valence-corrected chi connectivity index (χ2v) is 3.32. The van der Waals surface area contributed by atoms with Crippen LogP contribution in [0.15, 0.2) is 18.3 Å². The van der Waals surface area contributed by atoms with Crippen LogP contribution in [0.2, 0.25) is 0 Å². The normalized spacial score (nSPS) is 12.0. The van der Waals surface area contributed by atoms with Gasteiger partial charge in [0.15, 0.2) is 5.78 Å². The number of H-pyrrole nitrogens is 1. The number of carbonyl (C=O) groups is 1. The zero-order chi connectivity index (χ0) is 10.4. The zero-order valence-electron chi connectivity index (χ0n) is 7.66. The molecule has 14 heavy (non-hydrogen) atoms. The van der Waals surface area contributed by atoms with Gasteiger partial charge in [-0.1, -0.05) is 0 Å². The summed E-state index contributed by atoms with van der Waals surface area (Å²) >= 11 is 5.48. The maximum atomic E-state index is 11.5. The van der Waals surface area contributed by atoms with Crippen molar-refractivity contribution in [2.75, 3.05) is 5.88 Å². The van der Waals surface area contributed by atoms with E-state index in [2.05, 4.69) is 4.98 Å². The molecule has 0 spiro atoms. The van der Waals surface area contributed by atoms with Crippen LogP contribution in [-0.2, 0) is 4.79 Å². The molecular formula is C10H11ClN2O. The Balaban J connectivity index is 2.64. The molecule has 74 valence electrons. The number of aromatic nitrogens is 1. The molecule has 0 aliphatic heterocycles. The van der Waals surface area contributed by atoms with Gasteiger partial charge in [0, 0.05) is 24.2 Å². The highest BCUT2D eigenvalue weighted by atomic mass is 35.5. The summed E-state index contributed by atoms with van der Waals surface area (Å²) in [5, 5.41) is 8.84. The minimum atomic E-state index is -0.673. The fraction of sp³-hybridized carbons (Fsp3) is 0.400. The molecule has 1 N–H and O–H groups in total. The minimum absolute atomic E-state index is 0.0735. The lowest BCUT2D eigenvalue weighted by Crippen LogP contribution is -2.11. The monoisotopic (exact) mass is 210 g/mol. The smallest absolute Gasteiger partial charge is 0.156 e. The number of nitrogens with one attached hydrogen (secondary N) is 1. The average Bonchev–Trinajstić information content (AvgIpc) is 2.69. The van der Waals surface area contributed by atoms with Crippen LogP contribution in [0, 0.1) is 11.3 Å². The molecule has 1 unspecified atom stereocenters. The molecule has 3 nitrogen and oxygen atoms in total. The molecule has 4 heteroatoms. The second kappa shape index (κ2) is 5.46. The summed E-state index contributed by atoms with van der Waals surface area (Å²) in [4.78, 5) is 14.4. The van der Waals surface area contributed by atoms with Crippen molar-refractivity contribution in [2.24, 2.45) is 0 Å². The number of aromatic amines is 1. The van der Waals surface area contributed by atoms with Crippen LogP contribution in [0.1, 0.15) is 24.5 Å². The Morgan fingerprint density at radius 2 is 2.50 bits per heavy atom. The van der Waals surface area contributed by atoms with Crippen molar-refractivity contribution >= 4 is 17.4 Å². The van der Waals surface area contributed by atoms with Crippen molar-refractivity contribution in [1.29, 1.82) is 5.26 Å². The molecule has 0 aliphatic carbocycles. The van der Waals surface area contributed by atoms with Gasteiger partial charge in [-0.25, -0.2) is 0 Å². The topological polar surface area (TPSA) is 56.6 Å². The van der Waals surface area contributed by atoms with Gasteiger partial charge in [0.25, 0.3) is 0 Å². The second-order valence-electron chi connectivity index (χ2n) is 2.95. The van der Waals surface area contributed by atoms with Gasteiger partial charge in [-0.05, 0) is 18.6 Å². The Bertz CT molecular complexity index is 326. The van der Waals surface area contributed by atoms with Crippen LogP contribution < -0.4 is 0 Å². The summed E-state index contributed by atoms with van der Waals surface area (Å²) in [6, 6.07) is 5.50. The molecular weight excluding hydrogens is 200 g/mol. The first-order valence-electron chi connectivity index (χ1n) is 4.41. The van der Waals surface area contributed by atoms with Crippen molar-refractivity contribution in [3.63, 3.8) is 0 Å². The van der Waals surface area contributed by atoms with Gasteiger partial charge in [0.1, 0.15) is 5.92 Å². The van der Waals surface area contributed by atoms with E-state index in [-0.39, 0.29) is 5.78 Å². The van der Waals surface area contributed by atoms with Crippen molar-refractivity contribution < 1.29 is 4.79 Å². The van der Waals surface area contributed by atoms with Gasteiger partial charge in [-0.15, -0.1) is 11.6 Å². The SMILES string of the molecule is N#CC(C(=O)CCCCl)c1ccc[nH]1. The Hall–Kier alpha value is -1.27. The Labute approximate surface area is 87.7 Å². The molecule has 0 radical (unpaired) electrons. The zero-order valence-corrected chi connectivity index (χ0v) is 8.42. The third kappa shape index (κ3) is 2.61. The van der Waals surface area contributed by atoms with E-state index in [1.807, 2.05) is 6.07 Å². The van der Waals surface area contributed by atoms with Gasteiger partial charge in [-0.3, -0.25) is 4.79 Å². The summed E-state index contributed by atoms with van der Waals surface area (Å²) in [5.74, 6) is -0.293. The fourth-order valence-electron chi connectivity index (χ4n) is 1.22. The molecule has 0 fully saturated rings. The summed E-state index contributed by atoms with van der Waals surface area (Å²) < 4.78 is 0. The van der Waals surface area contributed by atoms with Crippen molar-refractivity contribution in [2.45, 2.75) is 18.8 Å². The number of hydrogen-bond acceptors (Lipinski definition) is 2. The van der Waals surface area contributed by atoms with Crippen molar-refractivity contribution in [3.05, 3.63) is 24.0 Å². The fourth-order valence-corrected chi connectivity index (χ4v) is 1.36. The molecule has 0 saturated heterocycles. The summed E-state index contributed by atoms with van der Waals surface area (Å²) in [6.45, 7) is 0. The van der Waals surface area contributed by atoms with E-state index in [9.17, 15) is 4.79 Å². The molecule has 0 bridgehead atoms. The molecule has 1 aromatic rings. The standard InChI is InChI=1S/C10H11ClN2O/c11-5-1-4-10(14)8(7-12)9-3-2-6-13-9/h2-3,6,8,13H,1,4-5H2. The minimum Gasteiger partial charge on any atom is -0.364 e. The summed E-state index contributed by atoms with van der Waals surface area (Å²) in [6.07, 6.45) is 2.69. The van der Waals surface area contributed by atoms with E-state index >= 15 is 0 Å². The van der Waals surface area contributed by atoms with Gasteiger partial charge in [0.05, 0.1) is 6.07 Å².